The van der Waals surface area contributed by atoms with Crippen molar-refractivity contribution < 1.29 is 19.1 Å². The van der Waals surface area contributed by atoms with Crippen molar-refractivity contribution in [3.8, 4) is 5.75 Å². The normalized spacial score (nSPS) is 17.6. The van der Waals surface area contributed by atoms with Crippen LogP contribution in [0.4, 0.5) is 0 Å². The van der Waals surface area contributed by atoms with E-state index in [1.165, 1.54) is 0 Å². The summed E-state index contributed by atoms with van der Waals surface area (Å²) in [6, 6.07) is 11.1. The van der Waals surface area contributed by atoms with E-state index in [0.717, 1.165) is 10.9 Å². The Morgan fingerprint density at radius 3 is 2.69 bits per heavy atom. The highest BCUT2D eigenvalue weighted by molar-refractivity contribution is 6.30. The average molecular weight is 414 g/mol. The zero-order chi connectivity index (χ0) is 20.8. The number of rotatable bonds is 4. The third-order valence-electron chi connectivity index (χ3n) is 5.32. The van der Waals surface area contributed by atoms with Gasteiger partial charge in [0.25, 0.3) is 5.91 Å². The molecule has 1 aliphatic rings. The first kappa shape index (κ1) is 19.8. The average Bonchev–Trinajstić information content (AvgIpc) is 2.99. The number of halogens is 1. The van der Waals surface area contributed by atoms with Gasteiger partial charge in [0.05, 0.1) is 6.10 Å². The summed E-state index contributed by atoms with van der Waals surface area (Å²) in [6.45, 7) is 6.22. The molecule has 0 saturated carbocycles. The van der Waals surface area contributed by atoms with E-state index in [9.17, 15) is 9.90 Å². The van der Waals surface area contributed by atoms with Crippen molar-refractivity contribution in [3.05, 3.63) is 63.9 Å². The summed E-state index contributed by atoms with van der Waals surface area (Å²) in [4.78, 5) is 12.7. The third-order valence-corrected chi connectivity index (χ3v) is 5.57. The van der Waals surface area contributed by atoms with Crippen LogP contribution < -0.4 is 10.1 Å². The van der Waals surface area contributed by atoms with Crippen LogP contribution >= 0.6 is 11.6 Å². The number of carbonyl (C=O) groups is 1. The molecule has 0 saturated heterocycles. The molecule has 152 valence electrons. The molecule has 4 rings (SSSR count). The fourth-order valence-corrected chi connectivity index (χ4v) is 4.07. The Morgan fingerprint density at radius 1 is 1.24 bits per heavy atom. The van der Waals surface area contributed by atoms with Crippen molar-refractivity contribution in [2.24, 2.45) is 0 Å². The lowest BCUT2D eigenvalue weighted by Gasteiger charge is -2.35. The largest absolute Gasteiger partial charge is 0.487 e. The first-order chi connectivity index (χ1) is 13.7. The maximum atomic E-state index is 12.7. The van der Waals surface area contributed by atoms with E-state index in [1.54, 1.807) is 12.1 Å². The van der Waals surface area contributed by atoms with Crippen LogP contribution in [-0.4, -0.2) is 23.2 Å². The Bertz CT molecular complexity index is 1070. The second kappa shape index (κ2) is 7.39. The summed E-state index contributed by atoms with van der Waals surface area (Å²) in [5.41, 5.74) is 2.63. The molecular weight excluding hydrogens is 390 g/mol. The summed E-state index contributed by atoms with van der Waals surface area (Å²) in [6.07, 6.45) is 0.500. The smallest absolute Gasteiger partial charge is 0.287 e. The molecule has 3 aromatic rings. The molecule has 2 heterocycles. The Morgan fingerprint density at radius 2 is 1.97 bits per heavy atom. The minimum Gasteiger partial charge on any atom is -0.487 e. The van der Waals surface area contributed by atoms with Gasteiger partial charge < -0.3 is 19.6 Å². The number of amides is 1. The molecule has 0 aliphatic carbocycles. The molecule has 6 heteroatoms. The topological polar surface area (TPSA) is 71.7 Å². The number of aryl methyl sites for hydroxylation is 1. The van der Waals surface area contributed by atoms with Gasteiger partial charge in [-0.25, -0.2) is 0 Å². The number of aliphatic hydroxyl groups excluding tert-OH is 1. The maximum Gasteiger partial charge on any atom is 0.287 e. The van der Waals surface area contributed by atoms with E-state index in [-0.39, 0.29) is 11.7 Å². The van der Waals surface area contributed by atoms with Crippen molar-refractivity contribution >= 4 is 28.5 Å². The first-order valence-corrected chi connectivity index (χ1v) is 10.1. The second-order valence-corrected chi connectivity index (χ2v) is 8.56. The molecule has 1 aromatic heterocycles. The Labute approximate surface area is 174 Å². The van der Waals surface area contributed by atoms with Gasteiger partial charge in [0.1, 0.15) is 16.9 Å². The highest BCUT2D eigenvalue weighted by atomic mass is 35.5. The molecule has 0 fully saturated rings. The van der Waals surface area contributed by atoms with E-state index < -0.39 is 11.7 Å². The number of hydrogen-bond acceptors (Lipinski definition) is 4. The van der Waals surface area contributed by atoms with Crippen LogP contribution in [0.25, 0.3) is 11.0 Å². The van der Waals surface area contributed by atoms with Gasteiger partial charge in [0.15, 0.2) is 5.76 Å². The van der Waals surface area contributed by atoms with E-state index >= 15 is 0 Å². The lowest BCUT2D eigenvalue weighted by atomic mass is 9.89. The number of hydrogen-bond donors (Lipinski definition) is 2. The zero-order valence-corrected chi connectivity index (χ0v) is 17.5. The molecule has 29 heavy (non-hydrogen) atoms. The van der Waals surface area contributed by atoms with Gasteiger partial charge in [0.2, 0.25) is 0 Å². The predicted octanol–water partition coefficient (Wildman–Crippen LogP) is 4.96. The molecule has 0 unspecified atom stereocenters. The Balaban J connectivity index is 1.57. The summed E-state index contributed by atoms with van der Waals surface area (Å²) in [5, 5.41) is 15.1. The minimum absolute atomic E-state index is 0.265. The summed E-state index contributed by atoms with van der Waals surface area (Å²) >= 11 is 5.90. The van der Waals surface area contributed by atoms with Crippen LogP contribution in [0, 0.1) is 6.92 Å². The number of benzene rings is 2. The molecule has 0 bridgehead atoms. The zero-order valence-electron chi connectivity index (χ0n) is 16.7. The molecule has 1 atom stereocenters. The molecule has 2 N–H and O–H groups in total. The van der Waals surface area contributed by atoms with Gasteiger partial charge in [0, 0.05) is 34.5 Å². The molecule has 1 amide bonds. The van der Waals surface area contributed by atoms with Crippen LogP contribution in [-0.2, 0) is 6.42 Å². The van der Waals surface area contributed by atoms with Crippen molar-refractivity contribution in [2.45, 2.75) is 45.3 Å². The molecule has 5 nitrogen and oxygen atoms in total. The second-order valence-electron chi connectivity index (χ2n) is 8.12. The van der Waals surface area contributed by atoms with Crippen molar-refractivity contribution in [1.29, 1.82) is 0 Å². The van der Waals surface area contributed by atoms with E-state index in [4.69, 9.17) is 20.8 Å². The van der Waals surface area contributed by atoms with Crippen molar-refractivity contribution in [3.63, 3.8) is 0 Å². The van der Waals surface area contributed by atoms with Gasteiger partial charge in [-0.1, -0.05) is 23.7 Å². The lowest BCUT2D eigenvalue weighted by Crippen LogP contribution is -2.34. The van der Waals surface area contributed by atoms with Gasteiger partial charge in [-0.15, -0.1) is 0 Å². The number of carbonyl (C=O) groups excluding carboxylic acids is 1. The highest BCUT2D eigenvalue weighted by Gasteiger charge is 2.35. The number of furan rings is 1. The van der Waals surface area contributed by atoms with Crippen LogP contribution in [0.1, 0.15) is 53.6 Å². The van der Waals surface area contributed by atoms with Crippen molar-refractivity contribution in [1.82, 2.24) is 5.32 Å². The quantitative estimate of drug-likeness (QED) is 0.634. The van der Waals surface area contributed by atoms with E-state index in [0.29, 0.717) is 46.9 Å². The molecular formula is C23H24ClNO4. The maximum absolute atomic E-state index is 12.7. The number of aliphatic hydroxyl groups is 1. The third kappa shape index (κ3) is 3.85. The Kier molecular flexibility index (Phi) is 5.05. The van der Waals surface area contributed by atoms with Gasteiger partial charge in [-0.3, -0.25) is 4.79 Å². The predicted molar refractivity (Wildman–Crippen MR) is 113 cm³/mol. The van der Waals surface area contributed by atoms with E-state index in [1.807, 2.05) is 45.0 Å². The van der Waals surface area contributed by atoms with Crippen LogP contribution in [0.2, 0.25) is 5.02 Å². The molecule has 2 aromatic carbocycles. The first-order valence-electron chi connectivity index (χ1n) is 9.71. The van der Waals surface area contributed by atoms with E-state index in [2.05, 4.69) is 5.32 Å². The molecule has 1 aliphatic heterocycles. The fraction of sp³-hybridized carbons (Fsp3) is 0.348. The van der Waals surface area contributed by atoms with Crippen molar-refractivity contribution in [2.75, 3.05) is 6.54 Å². The van der Waals surface area contributed by atoms with Crippen LogP contribution in [0.3, 0.4) is 0 Å². The standard InChI is InChI=1S/C23H24ClNO4/c1-13-19-17(8-9-18-20(19)16(26)12-23(2,3)29-18)28-21(13)22(27)25-11-10-14-4-6-15(24)7-5-14/h4-9,16,26H,10-12H2,1-3H3,(H,25,27)/t16-/m0/s1. The number of fused-ring (bicyclic) bond motifs is 3. The summed E-state index contributed by atoms with van der Waals surface area (Å²) in [5.74, 6) is 0.634. The molecule has 0 spiro atoms. The number of ether oxygens (including phenoxy) is 1. The number of nitrogens with one attached hydrogen (secondary N) is 1. The summed E-state index contributed by atoms with van der Waals surface area (Å²) in [7, 11) is 0. The lowest BCUT2D eigenvalue weighted by molar-refractivity contribution is 0.0126. The Hall–Kier alpha value is -2.50. The fourth-order valence-electron chi connectivity index (χ4n) is 3.95. The monoisotopic (exact) mass is 413 g/mol. The molecule has 0 radical (unpaired) electrons. The summed E-state index contributed by atoms with van der Waals surface area (Å²) < 4.78 is 11.9. The SMILES string of the molecule is Cc1c(C(=O)NCCc2ccc(Cl)cc2)oc2ccc3c(c12)[C@@H](O)CC(C)(C)O3. The van der Waals surface area contributed by atoms with Gasteiger partial charge >= 0.3 is 0 Å². The highest BCUT2D eigenvalue weighted by Crippen LogP contribution is 2.45. The minimum atomic E-state index is -0.672. The van der Waals surface area contributed by atoms with Crippen LogP contribution in [0.5, 0.6) is 5.75 Å². The van der Waals surface area contributed by atoms with Gasteiger partial charge in [-0.2, -0.15) is 0 Å². The van der Waals surface area contributed by atoms with Gasteiger partial charge in [-0.05, 0) is 57.0 Å². The van der Waals surface area contributed by atoms with Crippen LogP contribution in [0.15, 0.2) is 40.8 Å².